The largest absolute Gasteiger partial charge is 0.383 e. The third-order valence-corrected chi connectivity index (χ3v) is 3.36. The molecule has 4 nitrogen and oxygen atoms in total. The lowest BCUT2D eigenvalue weighted by Gasteiger charge is -2.07. The molecule has 18 heavy (non-hydrogen) atoms. The van der Waals surface area contributed by atoms with Crippen LogP contribution in [0.1, 0.15) is 5.69 Å². The SMILES string of the molecule is c1ccc2c(NCCc3cscn3)cnnc2c1. The first-order valence-electron chi connectivity index (χ1n) is 5.75. The molecule has 0 amide bonds. The molecule has 90 valence electrons. The van der Waals surface area contributed by atoms with Crippen molar-refractivity contribution in [3.05, 3.63) is 47.0 Å². The fourth-order valence-electron chi connectivity index (χ4n) is 1.83. The lowest BCUT2D eigenvalue weighted by atomic mass is 10.2. The van der Waals surface area contributed by atoms with Crippen LogP contribution in [0.3, 0.4) is 0 Å². The standard InChI is InChI=1S/C13H12N4S/c1-2-4-12-11(3-1)13(7-16-17-12)14-6-5-10-8-18-9-15-10/h1-4,7-9H,5-6H2,(H,14,17). The number of hydrogen-bond acceptors (Lipinski definition) is 5. The molecule has 3 aromatic rings. The van der Waals surface area contributed by atoms with Crippen molar-refractivity contribution in [2.24, 2.45) is 0 Å². The Kier molecular flexibility index (Phi) is 3.14. The molecule has 5 heteroatoms. The summed E-state index contributed by atoms with van der Waals surface area (Å²) in [7, 11) is 0. The van der Waals surface area contributed by atoms with E-state index in [1.165, 1.54) is 0 Å². The highest BCUT2D eigenvalue weighted by atomic mass is 32.1. The fourth-order valence-corrected chi connectivity index (χ4v) is 2.43. The monoisotopic (exact) mass is 256 g/mol. The zero-order valence-corrected chi connectivity index (χ0v) is 10.5. The summed E-state index contributed by atoms with van der Waals surface area (Å²) in [5.41, 5.74) is 4.92. The van der Waals surface area contributed by atoms with Gasteiger partial charge in [0.15, 0.2) is 0 Å². The van der Waals surface area contributed by atoms with Crippen molar-refractivity contribution in [3.63, 3.8) is 0 Å². The molecule has 0 atom stereocenters. The number of benzene rings is 1. The summed E-state index contributed by atoms with van der Waals surface area (Å²) >= 11 is 1.63. The number of nitrogens with one attached hydrogen (secondary N) is 1. The van der Waals surface area contributed by atoms with Gasteiger partial charge in [0, 0.05) is 23.7 Å². The molecule has 0 fully saturated rings. The van der Waals surface area contributed by atoms with Gasteiger partial charge in [0.05, 0.1) is 28.6 Å². The summed E-state index contributed by atoms with van der Waals surface area (Å²) in [5.74, 6) is 0. The van der Waals surface area contributed by atoms with E-state index in [-0.39, 0.29) is 0 Å². The van der Waals surface area contributed by atoms with E-state index >= 15 is 0 Å². The van der Waals surface area contributed by atoms with Crippen LogP contribution in [0.2, 0.25) is 0 Å². The van der Waals surface area contributed by atoms with Crippen LogP contribution in [0.5, 0.6) is 0 Å². The predicted octanol–water partition coefficient (Wildman–Crippen LogP) is 2.74. The highest BCUT2D eigenvalue weighted by Gasteiger charge is 2.01. The molecule has 1 N–H and O–H groups in total. The molecule has 0 aliphatic carbocycles. The molecule has 0 radical (unpaired) electrons. The van der Waals surface area contributed by atoms with E-state index in [2.05, 4.69) is 31.9 Å². The maximum atomic E-state index is 4.26. The topological polar surface area (TPSA) is 50.7 Å². The highest BCUT2D eigenvalue weighted by molar-refractivity contribution is 7.07. The van der Waals surface area contributed by atoms with Gasteiger partial charge >= 0.3 is 0 Å². The van der Waals surface area contributed by atoms with Gasteiger partial charge < -0.3 is 5.32 Å². The molecule has 0 saturated heterocycles. The molecule has 3 rings (SSSR count). The minimum absolute atomic E-state index is 0.847. The minimum Gasteiger partial charge on any atom is -0.383 e. The molecular weight excluding hydrogens is 244 g/mol. The third kappa shape index (κ3) is 2.31. The van der Waals surface area contributed by atoms with Gasteiger partial charge in [0.2, 0.25) is 0 Å². The first kappa shape index (κ1) is 11.1. The van der Waals surface area contributed by atoms with Crippen molar-refractivity contribution in [1.29, 1.82) is 0 Å². The molecule has 1 aromatic carbocycles. The van der Waals surface area contributed by atoms with Crippen LogP contribution in [0.15, 0.2) is 41.4 Å². The number of anilines is 1. The van der Waals surface area contributed by atoms with Crippen molar-refractivity contribution in [1.82, 2.24) is 15.2 Å². The number of rotatable bonds is 4. The fraction of sp³-hybridized carbons (Fsp3) is 0.154. The number of nitrogens with zero attached hydrogens (tertiary/aromatic N) is 3. The van der Waals surface area contributed by atoms with Crippen LogP contribution in [-0.4, -0.2) is 21.7 Å². The third-order valence-electron chi connectivity index (χ3n) is 2.73. The van der Waals surface area contributed by atoms with Gasteiger partial charge in [-0.3, -0.25) is 0 Å². The minimum atomic E-state index is 0.847. The van der Waals surface area contributed by atoms with E-state index < -0.39 is 0 Å². The molecule has 0 aliphatic rings. The van der Waals surface area contributed by atoms with Crippen LogP contribution in [0, 0.1) is 0 Å². The van der Waals surface area contributed by atoms with Crippen molar-refractivity contribution < 1.29 is 0 Å². The summed E-state index contributed by atoms with van der Waals surface area (Å²) in [6.45, 7) is 0.847. The maximum Gasteiger partial charge on any atom is 0.0950 e. The van der Waals surface area contributed by atoms with Crippen LogP contribution in [0.4, 0.5) is 5.69 Å². The summed E-state index contributed by atoms with van der Waals surface area (Å²) in [5, 5.41) is 14.7. The lowest BCUT2D eigenvalue weighted by Crippen LogP contribution is -2.06. The van der Waals surface area contributed by atoms with E-state index in [0.717, 1.165) is 35.2 Å². The molecule has 0 aliphatic heterocycles. The zero-order chi connectivity index (χ0) is 12.2. The van der Waals surface area contributed by atoms with Gasteiger partial charge in [-0.05, 0) is 6.07 Å². The molecule has 0 spiro atoms. The Morgan fingerprint density at radius 3 is 3.06 bits per heavy atom. The second-order valence-corrected chi connectivity index (χ2v) is 4.65. The normalized spacial score (nSPS) is 10.7. The Labute approximate surface area is 109 Å². The average Bonchev–Trinajstić information content (AvgIpc) is 2.92. The molecule has 0 unspecified atom stereocenters. The van der Waals surface area contributed by atoms with E-state index in [9.17, 15) is 0 Å². The first-order chi connectivity index (χ1) is 8.93. The number of aromatic nitrogens is 3. The number of fused-ring (bicyclic) bond motifs is 1. The Morgan fingerprint density at radius 1 is 1.22 bits per heavy atom. The Morgan fingerprint density at radius 2 is 2.17 bits per heavy atom. The van der Waals surface area contributed by atoms with Crippen LogP contribution in [0.25, 0.3) is 10.9 Å². The van der Waals surface area contributed by atoms with Gasteiger partial charge in [0.25, 0.3) is 0 Å². The molecule has 0 saturated carbocycles. The van der Waals surface area contributed by atoms with Gasteiger partial charge in [-0.1, -0.05) is 18.2 Å². The second-order valence-electron chi connectivity index (χ2n) is 3.93. The van der Waals surface area contributed by atoms with E-state index in [1.54, 1.807) is 17.5 Å². The van der Waals surface area contributed by atoms with Crippen molar-refractivity contribution >= 4 is 27.9 Å². The quantitative estimate of drug-likeness (QED) is 0.779. The second kappa shape index (κ2) is 5.10. The highest BCUT2D eigenvalue weighted by Crippen LogP contribution is 2.19. The number of thiazole rings is 1. The van der Waals surface area contributed by atoms with Crippen molar-refractivity contribution in [2.45, 2.75) is 6.42 Å². The smallest absolute Gasteiger partial charge is 0.0950 e. The molecule has 0 bridgehead atoms. The molecular formula is C13H12N4S. The zero-order valence-electron chi connectivity index (χ0n) is 9.71. The van der Waals surface area contributed by atoms with Crippen LogP contribution < -0.4 is 5.32 Å². The summed E-state index contributed by atoms with van der Waals surface area (Å²) in [6, 6.07) is 7.99. The van der Waals surface area contributed by atoms with Gasteiger partial charge in [-0.15, -0.1) is 11.3 Å². The summed E-state index contributed by atoms with van der Waals surface area (Å²) in [4.78, 5) is 4.26. The molecule has 2 aromatic heterocycles. The van der Waals surface area contributed by atoms with Crippen LogP contribution in [-0.2, 0) is 6.42 Å². The first-order valence-corrected chi connectivity index (χ1v) is 6.69. The Bertz CT molecular complexity index is 631. The van der Waals surface area contributed by atoms with Gasteiger partial charge in [-0.2, -0.15) is 10.2 Å². The van der Waals surface area contributed by atoms with Crippen LogP contribution >= 0.6 is 11.3 Å². The lowest BCUT2D eigenvalue weighted by molar-refractivity contribution is 0.972. The van der Waals surface area contributed by atoms with Gasteiger partial charge in [-0.25, -0.2) is 4.98 Å². The van der Waals surface area contributed by atoms with Crippen molar-refractivity contribution in [3.8, 4) is 0 Å². The predicted molar refractivity (Wildman–Crippen MR) is 73.8 cm³/mol. The number of hydrogen-bond donors (Lipinski definition) is 1. The van der Waals surface area contributed by atoms with E-state index in [1.807, 2.05) is 23.7 Å². The maximum absolute atomic E-state index is 4.26. The molecule has 2 heterocycles. The van der Waals surface area contributed by atoms with Crippen molar-refractivity contribution in [2.75, 3.05) is 11.9 Å². The van der Waals surface area contributed by atoms with Gasteiger partial charge in [0.1, 0.15) is 0 Å². The Balaban J connectivity index is 1.74. The Hall–Kier alpha value is -2.01. The summed E-state index contributed by atoms with van der Waals surface area (Å²) < 4.78 is 0. The average molecular weight is 256 g/mol. The summed E-state index contributed by atoms with van der Waals surface area (Å²) in [6.07, 6.45) is 2.68. The van der Waals surface area contributed by atoms with E-state index in [0.29, 0.717) is 0 Å². The van der Waals surface area contributed by atoms with E-state index in [4.69, 9.17) is 0 Å².